The van der Waals surface area contributed by atoms with Gasteiger partial charge >= 0.3 is 12.0 Å². The number of rotatable bonds is 3. The number of carbonyl (C=O) groups excluding carboxylic acids is 1. The maximum Gasteiger partial charge on any atom is 0.329 e. The summed E-state index contributed by atoms with van der Waals surface area (Å²) >= 11 is 6.09. The molecule has 0 bridgehead atoms. The first kappa shape index (κ1) is 20.2. The molecule has 26 heavy (non-hydrogen) atoms. The lowest BCUT2D eigenvalue weighted by Crippen LogP contribution is -2.59. The highest BCUT2D eigenvalue weighted by Gasteiger charge is 2.35. The number of halogens is 2. The first-order valence-corrected chi connectivity index (χ1v) is 8.30. The van der Waals surface area contributed by atoms with Gasteiger partial charge in [-0.05, 0) is 30.3 Å². The third kappa shape index (κ3) is 4.35. The molecule has 1 saturated heterocycles. The number of amides is 2. The maximum absolute atomic E-state index is 13.2. The van der Waals surface area contributed by atoms with Gasteiger partial charge in [-0.1, -0.05) is 35.9 Å². The van der Waals surface area contributed by atoms with Gasteiger partial charge in [0.1, 0.15) is 6.04 Å². The highest BCUT2D eigenvalue weighted by atomic mass is 79.9. The van der Waals surface area contributed by atoms with E-state index in [1.54, 1.807) is 36.4 Å². The maximum atomic E-state index is 13.2. The van der Waals surface area contributed by atoms with Crippen molar-refractivity contribution in [3.63, 3.8) is 0 Å². The fourth-order valence-electron chi connectivity index (χ4n) is 2.84. The Morgan fingerprint density at radius 2 is 1.81 bits per heavy atom. The van der Waals surface area contributed by atoms with Crippen LogP contribution in [0.25, 0.3) is 0 Å². The third-order valence-electron chi connectivity index (χ3n) is 4.05. The summed E-state index contributed by atoms with van der Waals surface area (Å²) in [4.78, 5) is 27.7. The number of nitrogens with zero attached hydrogens (tertiary/aromatic N) is 2. The number of carboxylic acid groups (broad SMARTS) is 1. The number of carboxylic acids is 1. The van der Waals surface area contributed by atoms with Crippen molar-refractivity contribution in [1.29, 1.82) is 0 Å². The number of hydrogen-bond acceptors (Lipinski definition) is 3. The lowest BCUT2D eigenvalue weighted by atomic mass is 10.2. The van der Waals surface area contributed by atoms with Gasteiger partial charge in [0, 0.05) is 24.7 Å². The van der Waals surface area contributed by atoms with Crippen LogP contribution in [0.5, 0.6) is 0 Å². The zero-order chi connectivity index (χ0) is 17.8. The summed E-state index contributed by atoms with van der Waals surface area (Å²) in [7, 11) is 0. The lowest BCUT2D eigenvalue weighted by molar-refractivity contribution is -0.142. The van der Waals surface area contributed by atoms with E-state index in [4.69, 9.17) is 11.6 Å². The summed E-state index contributed by atoms with van der Waals surface area (Å²) in [6, 6.07) is 14.8. The number of nitrogens with one attached hydrogen (secondary N) is 1. The van der Waals surface area contributed by atoms with Gasteiger partial charge in [0.15, 0.2) is 0 Å². The Labute approximate surface area is 167 Å². The summed E-state index contributed by atoms with van der Waals surface area (Å²) in [6.45, 7) is 1.09. The standard InChI is InChI=1S/C18H18ClN3O3.BrH/c19-13-5-4-8-15(11-13)22(14-6-2-1-3-7-14)18(25)21-10-9-20-12-16(21)17(23)24;/h1-8,11,16,20H,9-10,12H2,(H,23,24);1H/t16-;/m0./s1. The second-order valence-electron chi connectivity index (χ2n) is 5.68. The zero-order valence-electron chi connectivity index (χ0n) is 13.8. The van der Waals surface area contributed by atoms with Gasteiger partial charge in [0.25, 0.3) is 0 Å². The van der Waals surface area contributed by atoms with Crippen molar-refractivity contribution >= 4 is 52.0 Å². The summed E-state index contributed by atoms with van der Waals surface area (Å²) in [6.07, 6.45) is 0. The molecule has 6 nitrogen and oxygen atoms in total. The highest BCUT2D eigenvalue weighted by Crippen LogP contribution is 2.29. The molecule has 2 aromatic carbocycles. The van der Waals surface area contributed by atoms with Crippen LogP contribution in [0.3, 0.4) is 0 Å². The number of carbonyl (C=O) groups is 2. The topological polar surface area (TPSA) is 72.9 Å². The summed E-state index contributed by atoms with van der Waals surface area (Å²) in [5, 5.41) is 13.0. The monoisotopic (exact) mass is 439 g/mol. The van der Waals surface area contributed by atoms with Crippen molar-refractivity contribution in [3.8, 4) is 0 Å². The number of aliphatic carboxylic acids is 1. The van der Waals surface area contributed by atoms with Crippen LogP contribution in [-0.2, 0) is 4.79 Å². The zero-order valence-corrected chi connectivity index (χ0v) is 16.3. The Hall–Kier alpha value is -2.09. The van der Waals surface area contributed by atoms with E-state index in [1.165, 1.54) is 9.80 Å². The molecule has 0 saturated carbocycles. The van der Waals surface area contributed by atoms with E-state index in [-0.39, 0.29) is 29.6 Å². The van der Waals surface area contributed by atoms with Gasteiger partial charge in [-0.2, -0.15) is 0 Å². The van der Waals surface area contributed by atoms with E-state index in [2.05, 4.69) is 5.32 Å². The van der Waals surface area contributed by atoms with E-state index < -0.39 is 12.0 Å². The van der Waals surface area contributed by atoms with Crippen LogP contribution >= 0.6 is 28.6 Å². The highest BCUT2D eigenvalue weighted by molar-refractivity contribution is 8.93. The van der Waals surface area contributed by atoms with Gasteiger partial charge in [-0.25, -0.2) is 9.59 Å². The molecule has 1 fully saturated rings. The fourth-order valence-corrected chi connectivity index (χ4v) is 3.03. The Kier molecular flexibility index (Phi) is 7.02. The molecule has 2 N–H and O–H groups in total. The molecular weight excluding hydrogens is 422 g/mol. The quantitative estimate of drug-likeness (QED) is 0.766. The second-order valence-corrected chi connectivity index (χ2v) is 6.12. The van der Waals surface area contributed by atoms with Crippen molar-refractivity contribution in [2.45, 2.75) is 6.04 Å². The average Bonchev–Trinajstić information content (AvgIpc) is 2.63. The molecular formula is C18H19BrClN3O3. The first-order chi connectivity index (χ1) is 12.1. The number of para-hydroxylation sites is 1. The van der Waals surface area contributed by atoms with E-state index in [9.17, 15) is 14.7 Å². The van der Waals surface area contributed by atoms with Crippen LogP contribution in [0.1, 0.15) is 0 Å². The molecule has 138 valence electrons. The fraction of sp³-hybridized carbons (Fsp3) is 0.222. The summed E-state index contributed by atoms with van der Waals surface area (Å²) < 4.78 is 0. The van der Waals surface area contributed by atoms with Crippen LogP contribution in [0, 0.1) is 0 Å². The smallest absolute Gasteiger partial charge is 0.329 e. The first-order valence-electron chi connectivity index (χ1n) is 7.93. The minimum absolute atomic E-state index is 0. The van der Waals surface area contributed by atoms with Gasteiger partial charge in [0.05, 0.1) is 11.4 Å². The molecule has 8 heteroatoms. The van der Waals surface area contributed by atoms with Crippen LogP contribution in [0.4, 0.5) is 16.2 Å². The lowest BCUT2D eigenvalue weighted by Gasteiger charge is -2.37. The largest absolute Gasteiger partial charge is 0.480 e. The van der Waals surface area contributed by atoms with E-state index >= 15 is 0 Å². The minimum Gasteiger partial charge on any atom is -0.480 e. The molecule has 1 aliphatic heterocycles. The van der Waals surface area contributed by atoms with Crippen LogP contribution < -0.4 is 10.2 Å². The Bertz CT molecular complexity index is 775. The van der Waals surface area contributed by atoms with Crippen molar-refractivity contribution in [3.05, 3.63) is 59.6 Å². The van der Waals surface area contributed by atoms with E-state index in [0.717, 1.165) is 0 Å². The van der Waals surface area contributed by atoms with Crippen LogP contribution in [0.2, 0.25) is 5.02 Å². The predicted octanol–water partition coefficient (Wildman–Crippen LogP) is 3.53. The molecule has 2 amide bonds. The third-order valence-corrected chi connectivity index (χ3v) is 4.28. The van der Waals surface area contributed by atoms with Crippen molar-refractivity contribution in [2.75, 3.05) is 24.5 Å². The van der Waals surface area contributed by atoms with E-state index in [1.807, 2.05) is 18.2 Å². The Balaban J connectivity index is 0.00000243. The molecule has 1 atom stereocenters. The normalized spacial score (nSPS) is 16.5. The minimum atomic E-state index is -1.03. The van der Waals surface area contributed by atoms with Gasteiger partial charge in [0.2, 0.25) is 0 Å². The van der Waals surface area contributed by atoms with Gasteiger partial charge < -0.3 is 15.3 Å². The number of piperazine rings is 1. The molecule has 0 spiro atoms. The molecule has 3 rings (SSSR count). The summed E-state index contributed by atoms with van der Waals surface area (Å²) in [5.74, 6) is -1.03. The van der Waals surface area contributed by atoms with Crippen molar-refractivity contribution in [1.82, 2.24) is 10.2 Å². The SMILES string of the molecule is Br.O=C(O)[C@@H]1CNCCN1C(=O)N(c1ccccc1)c1cccc(Cl)c1. The summed E-state index contributed by atoms with van der Waals surface area (Å²) in [5.41, 5.74) is 1.24. The van der Waals surface area contributed by atoms with Gasteiger partial charge in [-0.15, -0.1) is 17.0 Å². The molecule has 0 aromatic heterocycles. The molecule has 1 heterocycles. The van der Waals surface area contributed by atoms with Crippen molar-refractivity contribution < 1.29 is 14.7 Å². The number of anilines is 2. The number of benzene rings is 2. The molecule has 2 aromatic rings. The molecule has 0 aliphatic carbocycles. The Morgan fingerprint density at radius 1 is 1.12 bits per heavy atom. The van der Waals surface area contributed by atoms with Gasteiger partial charge in [-0.3, -0.25) is 4.90 Å². The van der Waals surface area contributed by atoms with Crippen molar-refractivity contribution in [2.24, 2.45) is 0 Å². The molecule has 1 aliphatic rings. The number of hydrogen-bond donors (Lipinski definition) is 2. The molecule has 0 unspecified atom stereocenters. The van der Waals surface area contributed by atoms with E-state index in [0.29, 0.717) is 29.5 Å². The van der Waals surface area contributed by atoms with Crippen LogP contribution in [0.15, 0.2) is 54.6 Å². The number of urea groups is 1. The predicted molar refractivity (Wildman–Crippen MR) is 107 cm³/mol. The second kappa shape index (κ2) is 9.02. The Morgan fingerprint density at radius 3 is 2.46 bits per heavy atom. The average molecular weight is 441 g/mol. The molecule has 0 radical (unpaired) electrons. The van der Waals surface area contributed by atoms with Crippen LogP contribution in [-0.4, -0.2) is 47.7 Å².